The van der Waals surface area contributed by atoms with Gasteiger partial charge < -0.3 is 9.15 Å². The number of rotatable bonds is 6. The van der Waals surface area contributed by atoms with Gasteiger partial charge in [-0.2, -0.15) is 0 Å². The fraction of sp³-hybridized carbons (Fsp3) is 0.158. The molecule has 0 amide bonds. The van der Waals surface area contributed by atoms with Crippen molar-refractivity contribution < 1.29 is 18.3 Å². The summed E-state index contributed by atoms with van der Waals surface area (Å²) >= 11 is 0. The Hall–Kier alpha value is -2.95. The van der Waals surface area contributed by atoms with Crippen molar-refractivity contribution in [3.8, 4) is 17.1 Å². The lowest BCUT2D eigenvalue weighted by atomic mass is 10.0. The average Bonchev–Trinajstić information content (AvgIpc) is 3.09. The molecule has 3 aromatic rings. The Morgan fingerprint density at radius 2 is 1.96 bits per heavy atom. The molecule has 0 aliphatic carbocycles. The molecule has 0 aliphatic heterocycles. The van der Waals surface area contributed by atoms with Crippen LogP contribution in [0.5, 0.6) is 5.75 Å². The zero-order valence-corrected chi connectivity index (χ0v) is 13.2. The molecule has 4 nitrogen and oxygen atoms in total. The van der Waals surface area contributed by atoms with Gasteiger partial charge in [-0.15, -0.1) is 0 Å². The quantitative estimate of drug-likeness (QED) is 0.691. The Bertz CT molecular complexity index is 844. The van der Waals surface area contributed by atoms with E-state index in [9.17, 15) is 9.18 Å². The van der Waals surface area contributed by atoms with Crippen LogP contribution in [0.3, 0.4) is 0 Å². The van der Waals surface area contributed by atoms with Gasteiger partial charge in [-0.05, 0) is 35.4 Å². The van der Waals surface area contributed by atoms with Crippen molar-refractivity contribution in [1.82, 2.24) is 4.98 Å². The van der Waals surface area contributed by atoms with Gasteiger partial charge in [-0.25, -0.2) is 9.37 Å². The summed E-state index contributed by atoms with van der Waals surface area (Å²) in [5.41, 5.74) is 1.83. The van der Waals surface area contributed by atoms with Crippen LogP contribution in [0.4, 0.5) is 4.39 Å². The smallest absolute Gasteiger partial charge is 0.181 e. The molecule has 0 saturated carbocycles. The summed E-state index contributed by atoms with van der Waals surface area (Å²) in [4.78, 5) is 16.0. The Morgan fingerprint density at radius 1 is 1.17 bits per heavy atom. The van der Waals surface area contributed by atoms with Crippen molar-refractivity contribution >= 4 is 5.78 Å². The van der Waals surface area contributed by atoms with Crippen LogP contribution in [-0.2, 0) is 17.6 Å². The van der Waals surface area contributed by atoms with Crippen LogP contribution < -0.4 is 4.74 Å². The Morgan fingerprint density at radius 3 is 2.62 bits per heavy atom. The first-order valence-electron chi connectivity index (χ1n) is 7.47. The predicted molar refractivity (Wildman–Crippen MR) is 87.3 cm³/mol. The fourth-order valence-electron chi connectivity index (χ4n) is 2.52. The highest BCUT2D eigenvalue weighted by molar-refractivity contribution is 5.83. The van der Waals surface area contributed by atoms with Crippen LogP contribution in [-0.4, -0.2) is 17.9 Å². The highest BCUT2D eigenvalue weighted by atomic mass is 19.1. The molecule has 0 unspecified atom stereocenters. The van der Waals surface area contributed by atoms with Crippen molar-refractivity contribution in [1.29, 1.82) is 0 Å². The van der Waals surface area contributed by atoms with Crippen molar-refractivity contribution in [2.75, 3.05) is 7.11 Å². The highest BCUT2D eigenvalue weighted by Gasteiger charge is 2.11. The average molecular weight is 325 g/mol. The number of benzene rings is 2. The van der Waals surface area contributed by atoms with Crippen molar-refractivity contribution in [2.45, 2.75) is 12.8 Å². The zero-order chi connectivity index (χ0) is 16.9. The van der Waals surface area contributed by atoms with Crippen LogP contribution in [0.2, 0.25) is 0 Å². The number of nitrogens with zero attached hydrogens (tertiary/aromatic N) is 1. The molecule has 0 spiro atoms. The molecule has 24 heavy (non-hydrogen) atoms. The van der Waals surface area contributed by atoms with E-state index < -0.39 is 5.82 Å². The summed E-state index contributed by atoms with van der Waals surface area (Å²) in [5.74, 6) is 0.651. The normalized spacial score (nSPS) is 10.6. The lowest BCUT2D eigenvalue weighted by molar-refractivity contribution is -0.117. The number of carbonyl (C=O) groups excluding carboxylic acids is 1. The van der Waals surface area contributed by atoms with Gasteiger partial charge in [-0.1, -0.05) is 18.2 Å². The number of ether oxygens (including phenoxy) is 1. The lowest BCUT2D eigenvalue weighted by Gasteiger charge is -2.06. The number of Topliss-reactive ketones (excluding diaryl/α,β-unsaturated/α-hetero) is 1. The number of carbonyl (C=O) groups is 1. The topological polar surface area (TPSA) is 52.3 Å². The molecule has 122 valence electrons. The van der Waals surface area contributed by atoms with E-state index in [-0.39, 0.29) is 18.6 Å². The van der Waals surface area contributed by atoms with Crippen LogP contribution in [0.1, 0.15) is 11.1 Å². The number of hydrogen-bond donors (Lipinski definition) is 0. The summed E-state index contributed by atoms with van der Waals surface area (Å²) in [6.45, 7) is 0. The van der Waals surface area contributed by atoms with Crippen LogP contribution in [0.15, 0.2) is 59.5 Å². The number of aromatic nitrogens is 1. The standard InChI is InChI=1S/C19H16FNO3/c1-23-16-4-2-3-13(9-16)7-15(22)8-14-5-6-17(18(20)10-14)19-11-21-12-24-19/h2-6,9-12H,7-8H2,1H3. The maximum Gasteiger partial charge on any atom is 0.181 e. The minimum absolute atomic E-state index is 0.00932. The Labute approximate surface area is 138 Å². The van der Waals surface area contributed by atoms with Crippen LogP contribution in [0.25, 0.3) is 11.3 Å². The van der Waals surface area contributed by atoms with E-state index in [1.54, 1.807) is 19.2 Å². The molecule has 5 heteroatoms. The number of oxazole rings is 1. The second-order valence-electron chi connectivity index (χ2n) is 5.42. The Kier molecular flexibility index (Phi) is 4.70. The third-order valence-corrected chi connectivity index (χ3v) is 3.67. The van der Waals surface area contributed by atoms with Crippen molar-refractivity contribution in [2.24, 2.45) is 0 Å². The molecule has 0 bridgehead atoms. The van der Waals surface area contributed by atoms with E-state index in [4.69, 9.17) is 9.15 Å². The third kappa shape index (κ3) is 3.68. The van der Waals surface area contributed by atoms with E-state index in [2.05, 4.69) is 4.98 Å². The molecule has 1 heterocycles. The van der Waals surface area contributed by atoms with Gasteiger partial charge >= 0.3 is 0 Å². The molecule has 0 N–H and O–H groups in total. The first kappa shape index (κ1) is 15.9. The van der Waals surface area contributed by atoms with E-state index in [0.29, 0.717) is 22.6 Å². The monoisotopic (exact) mass is 325 g/mol. The maximum absolute atomic E-state index is 14.2. The molecule has 0 aliphatic rings. The van der Waals surface area contributed by atoms with Gasteiger partial charge in [0, 0.05) is 12.8 Å². The first-order valence-corrected chi connectivity index (χ1v) is 7.47. The van der Waals surface area contributed by atoms with Crippen molar-refractivity contribution in [3.05, 3.63) is 72.0 Å². The largest absolute Gasteiger partial charge is 0.497 e. The molecule has 0 fully saturated rings. The van der Waals surface area contributed by atoms with Gasteiger partial charge in [-0.3, -0.25) is 4.79 Å². The number of halogens is 1. The minimum Gasteiger partial charge on any atom is -0.497 e. The van der Waals surface area contributed by atoms with Gasteiger partial charge in [0.2, 0.25) is 0 Å². The van der Waals surface area contributed by atoms with E-state index >= 15 is 0 Å². The van der Waals surface area contributed by atoms with Crippen LogP contribution in [0, 0.1) is 5.82 Å². The molecular weight excluding hydrogens is 309 g/mol. The fourth-order valence-corrected chi connectivity index (χ4v) is 2.52. The highest BCUT2D eigenvalue weighted by Crippen LogP contribution is 2.23. The molecule has 2 aromatic carbocycles. The van der Waals surface area contributed by atoms with E-state index in [1.165, 1.54) is 18.7 Å². The summed E-state index contributed by atoms with van der Waals surface area (Å²) in [6.07, 6.45) is 3.15. The second-order valence-corrected chi connectivity index (χ2v) is 5.42. The summed E-state index contributed by atoms with van der Waals surface area (Å²) in [7, 11) is 1.58. The minimum atomic E-state index is -0.432. The molecule has 0 saturated heterocycles. The molecular formula is C19H16FNO3. The summed E-state index contributed by atoms with van der Waals surface area (Å²) < 4.78 is 24.4. The molecule has 0 radical (unpaired) electrons. The molecule has 1 aromatic heterocycles. The van der Waals surface area contributed by atoms with Gasteiger partial charge in [0.05, 0.1) is 18.9 Å². The molecule has 0 atom stereocenters. The van der Waals surface area contributed by atoms with E-state index in [1.807, 2.05) is 24.3 Å². The Balaban J connectivity index is 1.69. The third-order valence-electron chi connectivity index (χ3n) is 3.67. The van der Waals surface area contributed by atoms with Gasteiger partial charge in [0.25, 0.3) is 0 Å². The maximum atomic E-state index is 14.2. The summed E-state index contributed by atoms with van der Waals surface area (Å²) in [5, 5.41) is 0. The number of methoxy groups -OCH3 is 1. The second kappa shape index (κ2) is 7.08. The van der Waals surface area contributed by atoms with Crippen LogP contribution >= 0.6 is 0 Å². The summed E-state index contributed by atoms with van der Waals surface area (Å²) in [6, 6.07) is 12.0. The zero-order valence-electron chi connectivity index (χ0n) is 13.2. The SMILES string of the molecule is COc1cccc(CC(=O)Cc2ccc(-c3cnco3)c(F)c2)c1. The van der Waals surface area contributed by atoms with E-state index in [0.717, 1.165) is 5.56 Å². The first-order chi connectivity index (χ1) is 11.7. The van der Waals surface area contributed by atoms with Gasteiger partial charge in [0.1, 0.15) is 17.3 Å². The lowest BCUT2D eigenvalue weighted by Crippen LogP contribution is -2.07. The predicted octanol–water partition coefficient (Wildman–Crippen LogP) is 3.84. The number of ketones is 1. The van der Waals surface area contributed by atoms with Gasteiger partial charge in [0.15, 0.2) is 12.2 Å². The molecule has 3 rings (SSSR count). The number of hydrogen-bond acceptors (Lipinski definition) is 4. The van der Waals surface area contributed by atoms with Crippen molar-refractivity contribution in [3.63, 3.8) is 0 Å².